The molecule has 5 heterocycles. The molecule has 0 bridgehead atoms. The van der Waals surface area contributed by atoms with Crippen molar-refractivity contribution in [1.29, 1.82) is 0 Å². The molecule has 0 aliphatic carbocycles. The van der Waals surface area contributed by atoms with Crippen molar-refractivity contribution in [2.75, 3.05) is 25.4 Å². The van der Waals surface area contributed by atoms with Gasteiger partial charge in [-0.3, -0.25) is 19.7 Å². The minimum Gasteiger partial charge on any atom is -0.457 e. The van der Waals surface area contributed by atoms with Gasteiger partial charge in [-0.1, -0.05) is 56.0 Å². The molecule has 2 atom stereocenters. The van der Waals surface area contributed by atoms with Crippen LogP contribution >= 0.6 is 0 Å². The van der Waals surface area contributed by atoms with Crippen LogP contribution in [0.15, 0.2) is 79.1 Å². The Morgan fingerprint density at radius 3 is 2.44 bits per heavy atom. The van der Waals surface area contributed by atoms with Gasteiger partial charge < -0.3 is 20.3 Å². The first-order chi connectivity index (χ1) is 26.9. The molecule has 2 aromatic heterocycles. The zero-order valence-electron chi connectivity index (χ0n) is 31.2. The second kappa shape index (κ2) is 16.4. The summed E-state index contributed by atoms with van der Waals surface area (Å²) < 4.78 is 8.08. The van der Waals surface area contributed by atoms with E-state index in [0.717, 1.165) is 97.5 Å². The molecule has 3 aromatic carbocycles. The number of fused-ring (bicyclic) bond motifs is 2. The van der Waals surface area contributed by atoms with Crippen molar-refractivity contribution in [3.63, 3.8) is 0 Å². The lowest BCUT2D eigenvalue weighted by atomic mass is 9.98. The number of imide groups is 1. The number of nitrogens with one attached hydrogen (secondary N) is 1. The van der Waals surface area contributed by atoms with Crippen LogP contribution in [-0.2, 0) is 22.6 Å². The maximum Gasteiger partial charge on any atom is 0.255 e. The monoisotopic (exact) mass is 740 g/mol. The first-order valence-electron chi connectivity index (χ1n) is 19.7. The summed E-state index contributed by atoms with van der Waals surface area (Å²) in [5.41, 5.74) is 11.9. The predicted molar refractivity (Wildman–Crippen MR) is 210 cm³/mol. The molecule has 8 rings (SSSR count). The topological polar surface area (TPSA) is 149 Å². The molecule has 0 spiro atoms. The number of para-hydroxylation sites is 1. The minimum absolute atomic E-state index is 0.107. The fourth-order valence-corrected chi connectivity index (χ4v) is 8.43. The maximum absolute atomic E-state index is 13.2. The lowest BCUT2D eigenvalue weighted by Crippen LogP contribution is -2.52. The molecule has 0 radical (unpaired) electrons. The third kappa shape index (κ3) is 7.95. The summed E-state index contributed by atoms with van der Waals surface area (Å²) in [5.74, 6) is 1.23. The summed E-state index contributed by atoms with van der Waals surface area (Å²) in [7, 11) is 0. The molecule has 3 amide bonds. The number of nitrogens with zero attached hydrogens (tertiary/aromatic N) is 6. The van der Waals surface area contributed by atoms with E-state index in [1.54, 1.807) is 4.90 Å². The number of rotatable bonds is 14. The van der Waals surface area contributed by atoms with Gasteiger partial charge in [0.1, 0.15) is 35.4 Å². The van der Waals surface area contributed by atoms with Crippen LogP contribution in [0.1, 0.15) is 91.7 Å². The lowest BCUT2D eigenvalue weighted by molar-refractivity contribution is -0.136. The highest BCUT2D eigenvalue weighted by molar-refractivity contribution is 6.05. The van der Waals surface area contributed by atoms with Crippen molar-refractivity contribution < 1.29 is 19.1 Å². The lowest BCUT2D eigenvalue weighted by Gasteiger charge is -2.33. The number of likely N-dealkylation sites (tertiary alicyclic amines) is 1. The van der Waals surface area contributed by atoms with Crippen molar-refractivity contribution in [2.24, 2.45) is 0 Å². The number of nitrogen functional groups attached to an aromatic ring is 1. The molecular formula is C43H48N8O4. The van der Waals surface area contributed by atoms with Gasteiger partial charge in [0.2, 0.25) is 11.8 Å². The Balaban J connectivity index is 0.803. The van der Waals surface area contributed by atoms with E-state index >= 15 is 0 Å². The highest BCUT2D eigenvalue weighted by Gasteiger charge is 2.39. The van der Waals surface area contributed by atoms with E-state index in [1.165, 1.54) is 31.2 Å². The molecule has 55 heavy (non-hydrogen) atoms. The molecule has 2 saturated heterocycles. The number of anilines is 1. The zero-order valence-corrected chi connectivity index (χ0v) is 31.2. The quantitative estimate of drug-likeness (QED) is 0.0921. The van der Waals surface area contributed by atoms with Gasteiger partial charge in [-0.25, -0.2) is 14.6 Å². The van der Waals surface area contributed by atoms with Gasteiger partial charge in [0.15, 0.2) is 5.65 Å². The number of carbonyl (C=O) groups is 3. The van der Waals surface area contributed by atoms with Crippen LogP contribution in [0.2, 0.25) is 0 Å². The Hall–Kier alpha value is -5.62. The highest BCUT2D eigenvalue weighted by Crippen LogP contribution is 2.35. The van der Waals surface area contributed by atoms with Gasteiger partial charge >= 0.3 is 0 Å². The number of carbonyl (C=O) groups excluding carboxylic acids is 3. The Labute approximate surface area is 321 Å². The largest absolute Gasteiger partial charge is 0.457 e. The molecule has 2 fully saturated rings. The van der Waals surface area contributed by atoms with Gasteiger partial charge in [0.05, 0.1) is 11.4 Å². The van der Waals surface area contributed by atoms with E-state index in [4.69, 9.17) is 15.6 Å². The molecule has 3 N–H and O–H groups in total. The zero-order chi connectivity index (χ0) is 37.7. The van der Waals surface area contributed by atoms with Crippen LogP contribution in [0.5, 0.6) is 11.5 Å². The van der Waals surface area contributed by atoms with Crippen molar-refractivity contribution in [3.8, 4) is 22.8 Å². The number of ether oxygens (including phenoxy) is 1. The predicted octanol–water partition coefficient (Wildman–Crippen LogP) is 6.85. The summed E-state index contributed by atoms with van der Waals surface area (Å²) in [6.07, 6.45) is 12.2. The maximum atomic E-state index is 13.2. The Kier molecular flexibility index (Phi) is 10.8. The van der Waals surface area contributed by atoms with E-state index in [2.05, 4.69) is 30.9 Å². The van der Waals surface area contributed by atoms with Crippen molar-refractivity contribution in [1.82, 2.24) is 34.9 Å². The molecule has 5 aromatic rings. The van der Waals surface area contributed by atoms with Crippen LogP contribution in [0.3, 0.4) is 0 Å². The molecule has 0 saturated carbocycles. The number of aromatic nitrogens is 4. The van der Waals surface area contributed by atoms with E-state index < -0.39 is 6.04 Å². The number of aryl methyl sites for hydroxylation is 1. The number of hydrogen-bond acceptors (Lipinski definition) is 9. The molecule has 12 nitrogen and oxygen atoms in total. The number of hydrogen-bond donors (Lipinski definition) is 2. The van der Waals surface area contributed by atoms with Crippen molar-refractivity contribution in [3.05, 3.63) is 95.8 Å². The van der Waals surface area contributed by atoms with Crippen LogP contribution in [0, 0.1) is 0 Å². The Morgan fingerprint density at radius 1 is 0.836 bits per heavy atom. The van der Waals surface area contributed by atoms with Gasteiger partial charge in [-0.2, -0.15) is 5.10 Å². The average Bonchev–Trinajstić information content (AvgIpc) is 3.76. The van der Waals surface area contributed by atoms with Crippen LogP contribution in [0.4, 0.5) is 5.82 Å². The van der Waals surface area contributed by atoms with E-state index in [1.807, 2.05) is 66.7 Å². The Bertz CT molecular complexity index is 2170. The SMILES string of the molecule is Nc1ncnc2c1c(-c1ccc(Oc3ccccc3)cc1)nn2C1CCCN(CCCCCCCCc2cccc3c2CN(C2CCC(=O)NC2=O)C3=O)C1. The van der Waals surface area contributed by atoms with E-state index in [-0.39, 0.29) is 30.2 Å². The summed E-state index contributed by atoms with van der Waals surface area (Å²) in [4.78, 5) is 50.4. The van der Waals surface area contributed by atoms with Crippen LogP contribution < -0.4 is 15.8 Å². The number of benzene rings is 3. The summed E-state index contributed by atoms with van der Waals surface area (Å²) in [5, 5.41) is 8.30. The normalized spacial score (nSPS) is 18.8. The third-order valence-electron chi connectivity index (χ3n) is 11.3. The van der Waals surface area contributed by atoms with Gasteiger partial charge in [-0.15, -0.1) is 0 Å². The fourth-order valence-electron chi connectivity index (χ4n) is 8.43. The number of nitrogens with two attached hydrogens (primary N) is 1. The standard InChI is InChI=1S/C43H48N8O4/c44-40-38-39(30-18-20-33(21-19-30)55-32-15-7-5-8-16-32)48-51(41(38)46-28-45-40)31-14-11-25-49(26-31)24-9-4-2-1-3-6-12-29-13-10-17-34-35(29)27-50(43(34)54)36-22-23-37(52)47-42(36)53/h5,7-8,10,13,15-21,28,31,36H,1-4,6,9,11-12,14,22-27H2,(H2,44,45,46)(H,47,52,53). The molecule has 3 aliphatic heterocycles. The summed E-state index contributed by atoms with van der Waals surface area (Å²) in [6.45, 7) is 3.52. The second-order valence-electron chi connectivity index (χ2n) is 15.0. The minimum atomic E-state index is -0.579. The van der Waals surface area contributed by atoms with Crippen LogP contribution in [-0.4, -0.2) is 72.9 Å². The van der Waals surface area contributed by atoms with Gasteiger partial charge in [0, 0.05) is 30.6 Å². The average molecular weight is 741 g/mol. The Morgan fingerprint density at radius 2 is 1.62 bits per heavy atom. The van der Waals surface area contributed by atoms with E-state index in [0.29, 0.717) is 24.3 Å². The van der Waals surface area contributed by atoms with Gasteiger partial charge in [0.25, 0.3) is 5.91 Å². The smallest absolute Gasteiger partial charge is 0.255 e. The van der Waals surface area contributed by atoms with Gasteiger partial charge in [-0.05, 0) is 105 Å². The second-order valence-corrected chi connectivity index (χ2v) is 15.0. The molecule has 3 aliphatic rings. The molecular weight excluding hydrogens is 693 g/mol. The van der Waals surface area contributed by atoms with E-state index in [9.17, 15) is 14.4 Å². The number of unbranched alkanes of at least 4 members (excludes halogenated alkanes) is 5. The summed E-state index contributed by atoms with van der Waals surface area (Å²) in [6, 6.07) is 23.2. The number of piperidine rings is 2. The van der Waals surface area contributed by atoms with Crippen molar-refractivity contribution in [2.45, 2.75) is 89.3 Å². The molecule has 2 unspecified atom stereocenters. The van der Waals surface area contributed by atoms with Crippen molar-refractivity contribution >= 4 is 34.6 Å². The highest BCUT2D eigenvalue weighted by atomic mass is 16.5. The summed E-state index contributed by atoms with van der Waals surface area (Å²) >= 11 is 0. The third-order valence-corrected chi connectivity index (χ3v) is 11.3. The molecule has 284 valence electrons. The first-order valence-corrected chi connectivity index (χ1v) is 19.7. The first kappa shape index (κ1) is 36.4. The molecule has 12 heteroatoms. The number of amides is 3. The van der Waals surface area contributed by atoms with Crippen LogP contribution in [0.25, 0.3) is 22.3 Å². The fraction of sp³-hybridized carbons (Fsp3) is 0.395.